The maximum atomic E-state index is 15.0. The lowest BCUT2D eigenvalue weighted by Gasteiger charge is -2.29. The summed E-state index contributed by atoms with van der Waals surface area (Å²) < 4.78 is 26.0. The van der Waals surface area contributed by atoms with Crippen LogP contribution in [0.2, 0.25) is 0 Å². The molecular weight excluding hydrogens is 419 g/mol. The molecule has 0 N–H and O–H groups in total. The molecule has 164 valence electrons. The summed E-state index contributed by atoms with van der Waals surface area (Å²) in [6, 6.07) is 15.0. The van der Waals surface area contributed by atoms with E-state index in [9.17, 15) is 4.39 Å². The molecular formula is C26H21FN4O2. The molecule has 6 rings (SSSR count). The summed E-state index contributed by atoms with van der Waals surface area (Å²) in [5.74, 6) is -0.319. The molecule has 0 bridgehead atoms. The van der Waals surface area contributed by atoms with Crippen molar-refractivity contribution >= 4 is 27.6 Å². The Balaban J connectivity index is 1.39. The van der Waals surface area contributed by atoms with Gasteiger partial charge in [-0.3, -0.25) is 4.98 Å². The van der Waals surface area contributed by atoms with E-state index in [4.69, 9.17) is 9.15 Å². The van der Waals surface area contributed by atoms with Crippen LogP contribution in [-0.4, -0.2) is 41.3 Å². The number of pyridine rings is 1. The molecule has 1 saturated heterocycles. The maximum absolute atomic E-state index is 15.0. The van der Waals surface area contributed by atoms with Crippen LogP contribution in [0.4, 0.5) is 10.1 Å². The van der Waals surface area contributed by atoms with Crippen LogP contribution in [-0.2, 0) is 11.2 Å². The monoisotopic (exact) mass is 440 g/mol. The molecule has 0 unspecified atom stereocenters. The fourth-order valence-corrected chi connectivity index (χ4v) is 4.41. The molecule has 7 heteroatoms. The van der Waals surface area contributed by atoms with Gasteiger partial charge in [-0.05, 0) is 48.0 Å². The SMILES string of the molecule is Fc1ccc(Cc2nccc3ccoc23)cc1-c1ncnc2cc(N3CCOCC3)ccc12. The molecule has 0 atom stereocenters. The predicted molar refractivity (Wildman–Crippen MR) is 125 cm³/mol. The van der Waals surface area contributed by atoms with Crippen LogP contribution >= 0.6 is 0 Å². The first-order valence-corrected chi connectivity index (χ1v) is 10.9. The zero-order valence-corrected chi connectivity index (χ0v) is 17.9. The third-order valence-electron chi connectivity index (χ3n) is 6.10. The summed E-state index contributed by atoms with van der Waals surface area (Å²) in [6.45, 7) is 3.12. The number of furan rings is 1. The number of ether oxygens (including phenoxy) is 1. The standard InChI is InChI=1S/C26H21FN4O2/c27-22-4-1-17(14-24-26-18(5-7-28-24)6-10-33-26)13-21(22)25-20-3-2-19(15-23(20)29-16-30-25)31-8-11-32-12-9-31/h1-7,10,13,15-16H,8-9,11-12,14H2. The van der Waals surface area contributed by atoms with Gasteiger partial charge in [-0.25, -0.2) is 14.4 Å². The maximum Gasteiger partial charge on any atom is 0.155 e. The molecule has 5 aromatic rings. The fraction of sp³-hybridized carbons (Fsp3) is 0.192. The van der Waals surface area contributed by atoms with Crippen LogP contribution in [0.5, 0.6) is 0 Å². The summed E-state index contributed by atoms with van der Waals surface area (Å²) in [5, 5.41) is 1.82. The van der Waals surface area contributed by atoms with Crippen molar-refractivity contribution in [2.75, 3.05) is 31.2 Å². The number of fused-ring (bicyclic) bond motifs is 2. The minimum atomic E-state index is -0.319. The average Bonchev–Trinajstić information content (AvgIpc) is 3.35. The first-order valence-electron chi connectivity index (χ1n) is 10.9. The van der Waals surface area contributed by atoms with Crippen molar-refractivity contribution < 1.29 is 13.5 Å². The quantitative estimate of drug-likeness (QED) is 0.392. The molecule has 6 nitrogen and oxygen atoms in total. The Morgan fingerprint density at radius 2 is 1.85 bits per heavy atom. The molecule has 1 aliphatic heterocycles. The lowest BCUT2D eigenvalue weighted by Crippen LogP contribution is -2.36. The number of benzene rings is 2. The van der Waals surface area contributed by atoms with Gasteiger partial charge in [0.2, 0.25) is 0 Å². The minimum absolute atomic E-state index is 0.319. The number of aromatic nitrogens is 3. The Kier molecular flexibility index (Phi) is 4.96. The van der Waals surface area contributed by atoms with Gasteiger partial charge in [-0.1, -0.05) is 6.07 Å². The van der Waals surface area contributed by atoms with Gasteiger partial charge in [0, 0.05) is 47.7 Å². The summed E-state index contributed by atoms with van der Waals surface area (Å²) in [7, 11) is 0. The van der Waals surface area contributed by atoms with E-state index >= 15 is 0 Å². The lowest BCUT2D eigenvalue weighted by atomic mass is 10.0. The van der Waals surface area contributed by atoms with E-state index in [0.717, 1.165) is 51.9 Å². The van der Waals surface area contributed by atoms with Gasteiger partial charge >= 0.3 is 0 Å². The number of rotatable bonds is 4. The summed E-state index contributed by atoms with van der Waals surface area (Å²) in [6.07, 6.45) is 5.45. The van der Waals surface area contributed by atoms with Crippen LogP contribution in [0.15, 0.2) is 71.7 Å². The van der Waals surface area contributed by atoms with Crippen molar-refractivity contribution in [3.05, 3.63) is 84.4 Å². The first kappa shape index (κ1) is 19.8. The van der Waals surface area contributed by atoms with Crippen molar-refractivity contribution in [3.8, 4) is 11.3 Å². The largest absolute Gasteiger partial charge is 0.462 e. The average molecular weight is 440 g/mol. The van der Waals surface area contributed by atoms with Crippen molar-refractivity contribution in [1.82, 2.24) is 15.0 Å². The zero-order valence-electron chi connectivity index (χ0n) is 17.9. The first-order chi connectivity index (χ1) is 16.3. The summed E-state index contributed by atoms with van der Waals surface area (Å²) in [5.41, 5.74) is 5.41. The van der Waals surface area contributed by atoms with Gasteiger partial charge in [0.1, 0.15) is 12.1 Å². The summed E-state index contributed by atoms with van der Waals surface area (Å²) in [4.78, 5) is 15.7. The highest BCUT2D eigenvalue weighted by atomic mass is 19.1. The number of hydrogen-bond donors (Lipinski definition) is 0. The van der Waals surface area contributed by atoms with E-state index in [0.29, 0.717) is 30.9 Å². The van der Waals surface area contributed by atoms with Gasteiger partial charge in [-0.2, -0.15) is 0 Å². The molecule has 1 aliphatic rings. The number of nitrogens with zero attached hydrogens (tertiary/aromatic N) is 4. The van der Waals surface area contributed by atoms with Gasteiger partial charge < -0.3 is 14.1 Å². The molecule has 3 aromatic heterocycles. The topological polar surface area (TPSA) is 64.3 Å². The highest BCUT2D eigenvalue weighted by molar-refractivity contribution is 5.94. The molecule has 0 amide bonds. The second-order valence-corrected chi connectivity index (χ2v) is 8.11. The zero-order chi connectivity index (χ0) is 22.2. The fourth-order valence-electron chi connectivity index (χ4n) is 4.41. The minimum Gasteiger partial charge on any atom is -0.462 e. The van der Waals surface area contributed by atoms with E-state index in [1.165, 1.54) is 12.4 Å². The number of morpholine rings is 1. The summed E-state index contributed by atoms with van der Waals surface area (Å²) >= 11 is 0. The van der Waals surface area contributed by atoms with Crippen LogP contribution in [0, 0.1) is 5.82 Å². The number of halogens is 1. The molecule has 0 radical (unpaired) electrons. The van der Waals surface area contributed by atoms with Crippen LogP contribution in [0.1, 0.15) is 11.3 Å². The third kappa shape index (κ3) is 3.70. The third-order valence-corrected chi connectivity index (χ3v) is 6.10. The second kappa shape index (κ2) is 8.26. The number of hydrogen-bond acceptors (Lipinski definition) is 6. The molecule has 2 aromatic carbocycles. The van der Waals surface area contributed by atoms with Crippen molar-refractivity contribution in [2.24, 2.45) is 0 Å². The van der Waals surface area contributed by atoms with Gasteiger partial charge in [0.05, 0.1) is 36.4 Å². The van der Waals surface area contributed by atoms with Crippen molar-refractivity contribution in [3.63, 3.8) is 0 Å². The van der Waals surface area contributed by atoms with Crippen LogP contribution < -0.4 is 4.90 Å². The second-order valence-electron chi connectivity index (χ2n) is 8.11. The Labute approximate surface area is 189 Å². The molecule has 4 heterocycles. The Hall–Kier alpha value is -3.84. The van der Waals surface area contributed by atoms with E-state index < -0.39 is 0 Å². The van der Waals surface area contributed by atoms with Crippen molar-refractivity contribution in [1.29, 1.82) is 0 Å². The van der Waals surface area contributed by atoms with Gasteiger partial charge in [0.25, 0.3) is 0 Å². The highest BCUT2D eigenvalue weighted by Crippen LogP contribution is 2.31. The van der Waals surface area contributed by atoms with Crippen LogP contribution in [0.3, 0.4) is 0 Å². The molecule has 0 aliphatic carbocycles. The molecule has 1 fully saturated rings. The Morgan fingerprint density at radius 1 is 0.939 bits per heavy atom. The van der Waals surface area contributed by atoms with Crippen LogP contribution in [0.25, 0.3) is 33.1 Å². The van der Waals surface area contributed by atoms with E-state index in [1.807, 2.05) is 36.4 Å². The van der Waals surface area contributed by atoms with Crippen molar-refractivity contribution in [2.45, 2.75) is 6.42 Å². The molecule has 33 heavy (non-hydrogen) atoms. The van der Waals surface area contributed by atoms with Gasteiger partial charge in [-0.15, -0.1) is 0 Å². The predicted octanol–water partition coefficient (Wildman–Crippen LogP) is 5.00. The Bertz CT molecular complexity index is 1460. The van der Waals surface area contributed by atoms with E-state index in [2.05, 4.69) is 19.9 Å². The smallest absolute Gasteiger partial charge is 0.155 e. The molecule has 0 spiro atoms. The van der Waals surface area contributed by atoms with E-state index in [-0.39, 0.29) is 5.82 Å². The number of anilines is 1. The lowest BCUT2D eigenvalue weighted by molar-refractivity contribution is 0.122. The normalized spacial score (nSPS) is 14.3. The highest BCUT2D eigenvalue weighted by Gasteiger charge is 2.16. The molecule has 0 saturated carbocycles. The van der Waals surface area contributed by atoms with E-state index in [1.54, 1.807) is 18.5 Å². The Morgan fingerprint density at radius 3 is 2.76 bits per heavy atom. The van der Waals surface area contributed by atoms with Gasteiger partial charge in [0.15, 0.2) is 5.58 Å².